The van der Waals surface area contributed by atoms with Crippen LogP contribution in [-0.2, 0) is 41.2 Å². The minimum absolute atomic E-state index is 0.0394. The third-order valence-electron chi connectivity index (χ3n) is 7.10. The van der Waals surface area contributed by atoms with E-state index in [4.69, 9.17) is 13.8 Å². The fraction of sp³-hybridized carbons (Fsp3) is 0.500. The minimum atomic E-state index is -4.08. The lowest BCUT2D eigenvalue weighted by atomic mass is 10.1. The SMILES string of the molecule is CC(=O)NC[C@@H]1[C@@H](O)[C@H](O)[C@@H](CO)N1CCP(=O)(OCc1ccccc1)OCC(C)(N=[N+]=[N-])C(=O)OCc1ccccc1. The third-order valence-corrected chi connectivity index (χ3v) is 8.89. The van der Waals surface area contributed by atoms with Crippen LogP contribution in [-0.4, -0.2) is 94.4 Å². The molecule has 15 heteroatoms. The second-order valence-corrected chi connectivity index (χ2v) is 12.6. The maximum absolute atomic E-state index is 14.1. The number of nitrogens with zero attached hydrogens (tertiary/aromatic N) is 4. The Balaban J connectivity index is 1.79. The first kappa shape index (κ1) is 34.2. The average molecular weight is 620 g/mol. The summed E-state index contributed by atoms with van der Waals surface area (Å²) >= 11 is 0. The zero-order valence-electron chi connectivity index (χ0n) is 24.1. The second-order valence-electron chi connectivity index (χ2n) is 10.4. The summed E-state index contributed by atoms with van der Waals surface area (Å²) in [6, 6.07) is 16.0. The average Bonchev–Trinajstić information content (AvgIpc) is 3.24. The fourth-order valence-corrected chi connectivity index (χ4v) is 6.21. The summed E-state index contributed by atoms with van der Waals surface area (Å²) in [5.74, 6) is -1.25. The summed E-state index contributed by atoms with van der Waals surface area (Å²) in [6.07, 6.45) is -2.93. The first-order chi connectivity index (χ1) is 20.5. The molecule has 0 saturated carbocycles. The maximum Gasteiger partial charge on any atom is 0.332 e. The number of rotatable bonds is 16. The normalized spacial score (nSPS) is 23.0. The standard InChI is InChI=1S/C28H38N5O9P/c1-20(35)30-15-23-25(36)26(37)24(16-34)33(23)13-14-43(39,41-18-22-11-7-4-8-12-22)42-19-28(2,31-32-29)27(38)40-17-21-9-5-3-6-10-21/h3-12,23-26,34,36-37H,13-19H2,1-2H3,(H,30,35)/t23-,24-,25-,26-,28?,43?/m1/s1. The van der Waals surface area contributed by atoms with Crippen molar-refractivity contribution in [2.45, 2.75) is 56.9 Å². The summed E-state index contributed by atoms with van der Waals surface area (Å²) in [6.45, 7) is 1.11. The second kappa shape index (κ2) is 15.9. The van der Waals surface area contributed by atoms with E-state index in [0.717, 1.165) is 0 Å². The largest absolute Gasteiger partial charge is 0.460 e. The molecular weight excluding hydrogens is 581 g/mol. The Labute approximate surface area is 249 Å². The molecule has 14 nitrogen and oxygen atoms in total. The van der Waals surface area contributed by atoms with Crippen molar-refractivity contribution in [3.8, 4) is 0 Å². The van der Waals surface area contributed by atoms with Gasteiger partial charge in [0, 0.05) is 24.9 Å². The Morgan fingerprint density at radius 2 is 1.60 bits per heavy atom. The Morgan fingerprint density at radius 3 is 2.16 bits per heavy atom. The Bertz CT molecular complexity index is 1300. The predicted molar refractivity (Wildman–Crippen MR) is 156 cm³/mol. The number of nitrogens with one attached hydrogen (secondary N) is 1. The van der Waals surface area contributed by atoms with E-state index in [9.17, 15) is 35.0 Å². The van der Waals surface area contributed by atoms with Crippen LogP contribution >= 0.6 is 7.60 Å². The number of aliphatic hydroxyl groups excluding tert-OH is 3. The van der Waals surface area contributed by atoms with Gasteiger partial charge >= 0.3 is 13.6 Å². The van der Waals surface area contributed by atoms with Gasteiger partial charge in [-0.1, -0.05) is 65.8 Å². The van der Waals surface area contributed by atoms with E-state index in [0.29, 0.717) is 11.1 Å². The van der Waals surface area contributed by atoms with Crippen LogP contribution in [0.3, 0.4) is 0 Å². The number of carbonyl (C=O) groups is 2. The van der Waals surface area contributed by atoms with Gasteiger partial charge in [-0.2, -0.15) is 0 Å². The molecule has 6 atom stereocenters. The predicted octanol–water partition coefficient (Wildman–Crippen LogP) is 2.13. The molecule has 1 fully saturated rings. The molecule has 1 amide bonds. The van der Waals surface area contributed by atoms with Crippen LogP contribution in [0.15, 0.2) is 65.8 Å². The number of benzene rings is 2. The van der Waals surface area contributed by atoms with Crippen molar-refractivity contribution in [3.05, 3.63) is 82.2 Å². The molecule has 1 heterocycles. The van der Waals surface area contributed by atoms with Gasteiger partial charge in [0.2, 0.25) is 5.91 Å². The smallest absolute Gasteiger partial charge is 0.332 e. The molecule has 1 aliphatic rings. The van der Waals surface area contributed by atoms with Gasteiger partial charge in [0.05, 0.1) is 50.3 Å². The molecule has 0 aromatic heterocycles. The summed E-state index contributed by atoms with van der Waals surface area (Å²) in [4.78, 5) is 28.8. The summed E-state index contributed by atoms with van der Waals surface area (Å²) in [5, 5.41) is 37.2. The Morgan fingerprint density at radius 1 is 1.02 bits per heavy atom. The highest BCUT2D eigenvalue weighted by molar-refractivity contribution is 7.53. The molecule has 1 saturated heterocycles. The maximum atomic E-state index is 14.1. The molecule has 2 aromatic carbocycles. The van der Waals surface area contributed by atoms with Gasteiger partial charge in [-0.15, -0.1) is 0 Å². The Hall–Kier alpha value is -3.32. The van der Waals surface area contributed by atoms with Crippen LogP contribution < -0.4 is 5.32 Å². The molecular formula is C28H38N5O9P. The van der Waals surface area contributed by atoms with Crippen LogP contribution in [0.1, 0.15) is 25.0 Å². The number of azide groups is 1. The van der Waals surface area contributed by atoms with Crippen LogP contribution in [0.2, 0.25) is 0 Å². The lowest BCUT2D eigenvalue weighted by molar-refractivity contribution is -0.152. The van der Waals surface area contributed by atoms with E-state index in [2.05, 4.69) is 15.3 Å². The van der Waals surface area contributed by atoms with Crippen molar-refractivity contribution in [2.24, 2.45) is 5.11 Å². The van der Waals surface area contributed by atoms with E-state index in [1.54, 1.807) is 54.6 Å². The van der Waals surface area contributed by atoms with Crippen molar-refractivity contribution in [3.63, 3.8) is 0 Å². The number of ether oxygens (including phenoxy) is 1. The third kappa shape index (κ3) is 9.59. The number of likely N-dealkylation sites (tertiary alicyclic amines) is 1. The van der Waals surface area contributed by atoms with E-state index in [-0.39, 0.29) is 38.4 Å². The molecule has 2 unspecified atom stereocenters. The van der Waals surface area contributed by atoms with E-state index in [1.807, 2.05) is 6.07 Å². The summed E-state index contributed by atoms with van der Waals surface area (Å²) in [5.41, 5.74) is 8.68. The van der Waals surface area contributed by atoms with Gasteiger partial charge in [-0.25, -0.2) is 0 Å². The number of carbonyl (C=O) groups excluding carboxylic acids is 2. The number of hydrogen-bond acceptors (Lipinski definition) is 11. The molecule has 4 N–H and O–H groups in total. The van der Waals surface area contributed by atoms with Crippen molar-refractivity contribution >= 4 is 19.5 Å². The Kier molecular flexibility index (Phi) is 12.7. The van der Waals surface area contributed by atoms with E-state index >= 15 is 0 Å². The molecule has 0 radical (unpaired) electrons. The minimum Gasteiger partial charge on any atom is -0.460 e. The topological polar surface area (TPSA) is 204 Å². The van der Waals surface area contributed by atoms with Gasteiger partial charge in [0.1, 0.15) is 6.61 Å². The fourth-order valence-electron chi connectivity index (χ4n) is 4.61. The van der Waals surface area contributed by atoms with Gasteiger partial charge < -0.3 is 34.4 Å². The van der Waals surface area contributed by atoms with Crippen LogP contribution in [0.4, 0.5) is 0 Å². The molecule has 2 aromatic rings. The molecule has 43 heavy (non-hydrogen) atoms. The number of hydrogen-bond donors (Lipinski definition) is 4. The zero-order valence-corrected chi connectivity index (χ0v) is 25.0. The number of esters is 1. The van der Waals surface area contributed by atoms with Crippen molar-refractivity contribution < 1.29 is 43.3 Å². The number of amides is 1. The van der Waals surface area contributed by atoms with Gasteiger partial charge in [0.25, 0.3) is 0 Å². The molecule has 0 spiro atoms. The van der Waals surface area contributed by atoms with Crippen molar-refractivity contribution in [2.75, 3.05) is 32.5 Å². The summed E-state index contributed by atoms with van der Waals surface area (Å²) < 4.78 is 31.0. The lowest BCUT2D eigenvalue weighted by Gasteiger charge is -2.31. The monoisotopic (exact) mass is 619 g/mol. The molecule has 0 aliphatic carbocycles. The molecule has 234 valence electrons. The lowest BCUT2D eigenvalue weighted by Crippen LogP contribution is -2.48. The zero-order chi connectivity index (χ0) is 31.5. The van der Waals surface area contributed by atoms with Crippen LogP contribution in [0.25, 0.3) is 10.4 Å². The quantitative estimate of drug-likeness (QED) is 0.0708. The van der Waals surface area contributed by atoms with Crippen LogP contribution in [0.5, 0.6) is 0 Å². The summed E-state index contributed by atoms with van der Waals surface area (Å²) in [7, 11) is -4.08. The van der Waals surface area contributed by atoms with Gasteiger partial charge in [-0.3, -0.25) is 19.1 Å². The van der Waals surface area contributed by atoms with Crippen molar-refractivity contribution in [1.82, 2.24) is 10.2 Å². The first-order valence-electron chi connectivity index (χ1n) is 13.7. The molecule has 0 bridgehead atoms. The van der Waals surface area contributed by atoms with Gasteiger partial charge in [-0.05, 0) is 23.6 Å². The first-order valence-corrected chi connectivity index (χ1v) is 15.4. The highest BCUT2D eigenvalue weighted by Crippen LogP contribution is 2.50. The van der Waals surface area contributed by atoms with E-state index < -0.39 is 56.6 Å². The van der Waals surface area contributed by atoms with Gasteiger partial charge in [0.15, 0.2) is 5.54 Å². The highest BCUT2D eigenvalue weighted by Gasteiger charge is 2.48. The molecule has 3 rings (SSSR count). The van der Waals surface area contributed by atoms with Crippen LogP contribution in [0, 0.1) is 0 Å². The van der Waals surface area contributed by atoms with E-state index in [1.165, 1.54) is 18.7 Å². The highest BCUT2D eigenvalue weighted by atomic mass is 31.2. The van der Waals surface area contributed by atoms with Crippen molar-refractivity contribution in [1.29, 1.82) is 0 Å². The number of aliphatic hydroxyl groups is 3. The molecule has 1 aliphatic heterocycles.